The smallest absolute Gasteiger partial charge is 0.256 e. The van der Waals surface area contributed by atoms with Crippen molar-refractivity contribution in [3.63, 3.8) is 0 Å². The highest BCUT2D eigenvalue weighted by molar-refractivity contribution is 6.31. The van der Waals surface area contributed by atoms with Gasteiger partial charge in [0.1, 0.15) is 11.6 Å². The standard InChI is InChI=1S/C19H20ClFN4O/c20-12-4-5-15(21)13(8-12)18(26)25-9-14(19(10-25)6-1-7-19)17-22-16(23-24-17)11-2-3-11/h4-5,8,11,14H,1-3,6-7,9-10H2,(H,22,23,24). The molecule has 5 nitrogen and oxygen atoms in total. The minimum Gasteiger partial charge on any atom is -0.337 e. The van der Waals surface area contributed by atoms with Crippen LogP contribution in [0.5, 0.6) is 0 Å². The highest BCUT2D eigenvalue weighted by Crippen LogP contribution is 2.55. The van der Waals surface area contributed by atoms with Gasteiger partial charge in [-0.1, -0.05) is 18.0 Å². The van der Waals surface area contributed by atoms with Crippen LogP contribution in [0.3, 0.4) is 0 Å². The van der Waals surface area contributed by atoms with Crippen LogP contribution >= 0.6 is 11.6 Å². The average molecular weight is 375 g/mol. The molecule has 1 aliphatic heterocycles. The first-order valence-corrected chi connectivity index (χ1v) is 9.60. The molecular formula is C19H20ClFN4O. The minimum atomic E-state index is -0.527. The van der Waals surface area contributed by atoms with Gasteiger partial charge in [-0.15, -0.1) is 0 Å². The van der Waals surface area contributed by atoms with Crippen LogP contribution in [0.2, 0.25) is 5.02 Å². The first-order chi connectivity index (χ1) is 12.6. The fraction of sp³-hybridized carbons (Fsp3) is 0.526. The van der Waals surface area contributed by atoms with Gasteiger partial charge in [0.15, 0.2) is 5.82 Å². The predicted octanol–water partition coefficient (Wildman–Crippen LogP) is 3.88. The summed E-state index contributed by atoms with van der Waals surface area (Å²) in [5.41, 5.74) is 0.0919. The van der Waals surface area contributed by atoms with Crippen molar-refractivity contribution in [2.75, 3.05) is 13.1 Å². The van der Waals surface area contributed by atoms with Crippen LogP contribution in [-0.4, -0.2) is 39.1 Å². The molecular weight excluding hydrogens is 355 g/mol. The van der Waals surface area contributed by atoms with Crippen molar-refractivity contribution in [3.8, 4) is 0 Å². The predicted molar refractivity (Wildman–Crippen MR) is 94.7 cm³/mol. The molecule has 1 atom stereocenters. The highest BCUT2D eigenvalue weighted by Gasteiger charge is 2.53. The summed E-state index contributed by atoms with van der Waals surface area (Å²) in [6, 6.07) is 4.13. The molecule has 1 unspecified atom stereocenters. The van der Waals surface area contributed by atoms with Crippen LogP contribution in [-0.2, 0) is 0 Å². The number of hydrogen-bond acceptors (Lipinski definition) is 3. The summed E-state index contributed by atoms with van der Waals surface area (Å²) in [6.07, 6.45) is 5.61. The molecule has 1 amide bonds. The lowest BCUT2D eigenvalue weighted by molar-refractivity contribution is 0.0719. The Morgan fingerprint density at radius 2 is 2.15 bits per heavy atom. The molecule has 0 bridgehead atoms. The van der Waals surface area contributed by atoms with E-state index in [9.17, 15) is 9.18 Å². The maximum absolute atomic E-state index is 14.1. The Labute approximate surface area is 155 Å². The van der Waals surface area contributed by atoms with Gasteiger partial charge in [-0.05, 0) is 49.3 Å². The van der Waals surface area contributed by atoms with Gasteiger partial charge in [0.05, 0.1) is 5.56 Å². The highest BCUT2D eigenvalue weighted by atomic mass is 35.5. The molecule has 2 aliphatic carbocycles. The van der Waals surface area contributed by atoms with Crippen molar-refractivity contribution in [3.05, 3.63) is 46.3 Å². The number of aromatic amines is 1. The number of carbonyl (C=O) groups is 1. The van der Waals surface area contributed by atoms with Gasteiger partial charge < -0.3 is 4.90 Å². The fourth-order valence-electron chi connectivity index (χ4n) is 4.44. The number of halogens is 2. The van der Waals surface area contributed by atoms with Crippen LogP contribution in [0, 0.1) is 11.2 Å². The third-order valence-corrected chi connectivity index (χ3v) is 6.47. The Balaban J connectivity index is 1.43. The second-order valence-electron chi connectivity index (χ2n) is 7.93. The largest absolute Gasteiger partial charge is 0.337 e. The van der Waals surface area contributed by atoms with Crippen molar-refractivity contribution < 1.29 is 9.18 Å². The summed E-state index contributed by atoms with van der Waals surface area (Å²) in [5.74, 6) is 1.61. The maximum atomic E-state index is 14.1. The molecule has 2 aromatic rings. The number of benzene rings is 1. The molecule has 1 aromatic carbocycles. The van der Waals surface area contributed by atoms with Crippen LogP contribution < -0.4 is 0 Å². The lowest BCUT2D eigenvalue weighted by atomic mass is 9.62. The number of hydrogen-bond donors (Lipinski definition) is 1. The summed E-state index contributed by atoms with van der Waals surface area (Å²) in [6.45, 7) is 1.19. The number of rotatable bonds is 3. The molecule has 136 valence electrons. The molecule has 1 saturated heterocycles. The molecule has 3 aliphatic rings. The summed E-state index contributed by atoms with van der Waals surface area (Å²) < 4.78 is 14.1. The van der Waals surface area contributed by atoms with Crippen LogP contribution in [0.4, 0.5) is 4.39 Å². The first-order valence-electron chi connectivity index (χ1n) is 9.22. The molecule has 1 aromatic heterocycles. The first kappa shape index (κ1) is 16.2. The molecule has 26 heavy (non-hydrogen) atoms. The topological polar surface area (TPSA) is 61.9 Å². The SMILES string of the molecule is O=C(c1cc(Cl)ccc1F)N1CC(c2nc(C3CC3)n[nH]2)C2(CCC2)C1. The van der Waals surface area contributed by atoms with Crippen molar-refractivity contribution in [1.82, 2.24) is 20.1 Å². The second kappa shape index (κ2) is 5.78. The molecule has 5 rings (SSSR count). The molecule has 2 heterocycles. The molecule has 0 radical (unpaired) electrons. The number of likely N-dealkylation sites (tertiary alicyclic amines) is 1. The molecule has 2 saturated carbocycles. The van der Waals surface area contributed by atoms with Gasteiger partial charge in [-0.3, -0.25) is 9.89 Å². The van der Waals surface area contributed by atoms with E-state index >= 15 is 0 Å². The Hall–Kier alpha value is -1.95. The normalized spacial score (nSPS) is 24.1. The van der Waals surface area contributed by atoms with Gasteiger partial charge in [0.25, 0.3) is 5.91 Å². The zero-order chi connectivity index (χ0) is 17.9. The van der Waals surface area contributed by atoms with E-state index in [0.717, 1.165) is 43.8 Å². The number of amides is 1. The van der Waals surface area contributed by atoms with Gasteiger partial charge in [0, 0.05) is 29.9 Å². The Morgan fingerprint density at radius 3 is 2.85 bits per heavy atom. The monoisotopic (exact) mass is 374 g/mol. The molecule has 1 spiro atoms. The van der Waals surface area contributed by atoms with Gasteiger partial charge in [-0.2, -0.15) is 5.10 Å². The van der Waals surface area contributed by atoms with E-state index in [4.69, 9.17) is 16.6 Å². The van der Waals surface area contributed by atoms with Crippen molar-refractivity contribution in [1.29, 1.82) is 0 Å². The van der Waals surface area contributed by atoms with Gasteiger partial charge >= 0.3 is 0 Å². The lowest BCUT2D eigenvalue weighted by Gasteiger charge is -2.41. The van der Waals surface area contributed by atoms with E-state index in [0.29, 0.717) is 24.0 Å². The lowest BCUT2D eigenvalue weighted by Crippen LogP contribution is -2.38. The Morgan fingerprint density at radius 1 is 1.35 bits per heavy atom. The molecule has 3 fully saturated rings. The van der Waals surface area contributed by atoms with E-state index in [1.165, 1.54) is 18.2 Å². The van der Waals surface area contributed by atoms with Gasteiger partial charge in [0.2, 0.25) is 0 Å². The zero-order valence-corrected chi connectivity index (χ0v) is 15.1. The maximum Gasteiger partial charge on any atom is 0.256 e. The summed E-state index contributed by atoms with van der Waals surface area (Å²) in [7, 11) is 0. The van der Waals surface area contributed by atoms with E-state index in [1.807, 2.05) is 0 Å². The van der Waals surface area contributed by atoms with E-state index in [2.05, 4.69) is 10.2 Å². The van der Waals surface area contributed by atoms with Crippen molar-refractivity contribution >= 4 is 17.5 Å². The van der Waals surface area contributed by atoms with Crippen molar-refractivity contribution in [2.45, 2.75) is 43.9 Å². The number of aromatic nitrogens is 3. The van der Waals surface area contributed by atoms with Crippen LogP contribution in [0.1, 0.15) is 65.9 Å². The number of carbonyl (C=O) groups excluding carboxylic acids is 1. The third-order valence-electron chi connectivity index (χ3n) is 6.24. The number of H-pyrrole nitrogens is 1. The average Bonchev–Trinajstić information content (AvgIpc) is 3.19. The number of nitrogens with one attached hydrogen (secondary N) is 1. The fourth-order valence-corrected chi connectivity index (χ4v) is 4.61. The number of nitrogens with zero attached hydrogens (tertiary/aromatic N) is 3. The second-order valence-corrected chi connectivity index (χ2v) is 8.37. The van der Waals surface area contributed by atoms with E-state index in [-0.39, 0.29) is 22.8 Å². The van der Waals surface area contributed by atoms with Gasteiger partial charge in [-0.25, -0.2) is 9.37 Å². The van der Waals surface area contributed by atoms with Crippen molar-refractivity contribution in [2.24, 2.45) is 5.41 Å². The summed E-state index contributed by atoms with van der Waals surface area (Å²) in [5, 5.41) is 7.87. The Bertz CT molecular complexity index is 874. The zero-order valence-electron chi connectivity index (χ0n) is 14.3. The molecule has 7 heteroatoms. The minimum absolute atomic E-state index is 0.0452. The Kier molecular flexibility index (Phi) is 3.61. The van der Waals surface area contributed by atoms with Crippen LogP contribution in [0.15, 0.2) is 18.2 Å². The van der Waals surface area contributed by atoms with Crippen LogP contribution in [0.25, 0.3) is 0 Å². The van der Waals surface area contributed by atoms with E-state index < -0.39 is 5.82 Å². The van der Waals surface area contributed by atoms with E-state index in [1.54, 1.807) is 4.90 Å². The quantitative estimate of drug-likeness (QED) is 0.886. The summed E-state index contributed by atoms with van der Waals surface area (Å²) >= 11 is 5.96. The summed E-state index contributed by atoms with van der Waals surface area (Å²) in [4.78, 5) is 19.4. The molecule has 1 N–H and O–H groups in total. The third kappa shape index (κ3) is 2.54.